The minimum Gasteiger partial charge on any atom is -0.497 e. The molecule has 0 aliphatic carbocycles. The molecule has 0 fully saturated rings. The van der Waals surface area contributed by atoms with Gasteiger partial charge in [0.25, 0.3) is 0 Å². The van der Waals surface area contributed by atoms with Crippen molar-refractivity contribution in [1.82, 2.24) is 5.32 Å². The lowest BCUT2D eigenvalue weighted by Crippen LogP contribution is -2.45. The molecule has 106 valence electrons. The predicted molar refractivity (Wildman–Crippen MR) is 84.8 cm³/mol. The van der Waals surface area contributed by atoms with Gasteiger partial charge in [0.15, 0.2) is 0 Å². The van der Waals surface area contributed by atoms with Crippen LogP contribution in [0, 0.1) is 0 Å². The van der Waals surface area contributed by atoms with Crippen LogP contribution in [0.15, 0.2) is 48.5 Å². The van der Waals surface area contributed by atoms with E-state index in [2.05, 4.69) is 54.7 Å². The van der Waals surface area contributed by atoms with Crippen molar-refractivity contribution in [3.05, 3.63) is 65.2 Å². The fourth-order valence-electron chi connectivity index (χ4n) is 2.96. The number of nitrogens with one attached hydrogen (secondary N) is 1. The van der Waals surface area contributed by atoms with Gasteiger partial charge in [-0.2, -0.15) is 0 Å². The highest BCUT2D eigenvalue weighted by Crippen LogP contribution is 2.35. The van der Waals surface area contributed by atoms with E-state index in [1.165, 1.54) is 16.7 Å². The molecule has 0 aromatic heterocycles. The lowest BCUT2D eigenvalue weighted by Gasteiger charge is -2.38. The third-order valence-electron chi connectivity index (χ3n) is 4.08. The maximum absolute atomic E-state index is 5.33. The maximum Gasteiger partial charge on any atom is 0.119 e. The van der Waals surface area contributed by atoms with Gasteiger partial charge in [0.2, 0.25) is 0 Å². The summed E-state index contributed by atoms with van der Waals surface area (Å²) in [5, 5.41) is 3.66. The van der Waals surface area contributed by atoms with E-state index in [-0.39, 0.29) is 17.9 Å². The van der Waals surface area contributed by atoms with Gasteiger partial charge in [-0.25, -0.2) is 0 Å². The number of methoxy groups -OCH3 is 1. The standard InChI is InChI=1S/C17H19NO.ClH/c1-17(14-6-4-3-5-7-14)16-9-8-15(19-2)12-13(16)10-11-18-17;/h3-9,12,18H,10-11H2,1-2H3;1H. The minimum atomic E-state index is -0.110. The number of halogens is 1. The largest absolute Gasteiger partial charge is 0.497 e. The van der Waals surface area contributed by atoms with Crippen LogP contribution < -0.4 is 10.1 Å². The molecular weight excluding hydrogens is 270 g/mol. The average Bonchev–Trinajstić information content (AvgIpc) is 2.48. The molecule has 1 aliphatic rings. The highest BCUT2D eigenvalue weighted by molar-refractivity contribution is 5.85. The first-order valence-corrected chi connectivity index (χ1v) is 6.72. The zero-order valence-corrected chi connectivity index (χ0v) is 12.7. The molecule has 2 aromatic carbocycles. The van der Waals surface area contributed by atoms with Gasteiger partial charge in [-0.3, -0.25) is 0 Å². The van der Waals surface area contributed by atoms with Gasteiger partial charge < -0.3 is 10.1 Å². The lowest BCUT2D eigenvalue weighted by atomic mass is 9.79. The Bertz CT molecular complexity index is 585. The molecule has 0 radical (unpaired) electrons. The molecular formula is C17H20ClNO. The van der Waals surface area contributed by atoms with E-state index >= 15 is 0 Å². The van der Waals surface area contributed by atoms with Gasteiger partial charge >= 0.3 is 0 Å². The number of fused-ring (bicyclic) bond motifs is 1. The molecule has 20 heavy (non-hydrogen) atoms. The minimum absolute atomic E-state index is 0. The first-order valence-electron chi connectivity index (χ1n) is 6.72. The summed E-state index contributed by atoms with van der Waals surface area (Å²) >= 11 is 0. The van der Waals surface area contributed by atoms with Crippen LogP contribution in [0.4, 0.5) is 0 Å². The van der Waals surface area contributed by atoms with Crippen LogP contribution in [0.5, 0.6) is 5.75 Å². The second-order valence-corrected chi connectivity index (χ2v) is 5.19. The molecule has 2 nitrogen and oxygen atoms in total. The number of benzene rings is 2. The first kappa shape index (κ1) is 14.9. The van der Waals surface area contributed by atoms with E-state index in [9.17, 15) is 0 Å². The van der Waals surface area contributed by atoms with Gasteiger partial charge in [0.1, 0.15) is 5.75 Å². The van der Waals surface area contributed by atoms with Gasteiger partial charge in [0.05, 0.1) is 12.6 Å². The van der Waals surface area contributed by atoms with Crippen LogP contribution >= 0.6 is 12.4 Å². The Kier molecular flexibility index (Phi) is 4.36. The summed E-state index contributed by atoms with van der Waals surface area (Å²) in [6.07, 6.45) is 1.05. The van der Waals surface area contributed by atoms with E-state index in [0.29, 0.717) is 0 Å². The SMILES string of the molecule is COc1ccc2c(c1)CCNC2(C)c1ccccc1.Cl. The molecule has 3 rings (SSSR count). The summed E-state index contributed by atoms with van der Waals surface area (Å²) in [6.45, 7) is 3.25. The Morgan fingerprint density at radius 1 is 1.10 bits per heavy atom. The van der Waals surface area contributed by atoms with E-state index in [0.717, 1.165) is 18.7 Å². The summed E-state index contributed by atoms with van der Waals surface area (Å²) in [4.78, 5) is 0. The fraction of sp³-hybridized carbons (Fsp3) is 0.294. The van der Waals surface area contributed by atoms with Gasteiger partial charge in [-0.1, -0.05) is 36.4 Å². The first-order chi connectivity index (χ1) is 9.24. The topological polar surface area (TPSA) is 21.3 Å². The molecule has 1 atom stereocenters. The summed E-state index contributed by atoms with van der Waals surface area (Å²) in [7, 11) is 1.72. The van der Waals surface area contributed by atoms with Crippen LogP contribution in [0.3, 0.4) is 0 Å². The normalized spacial score (nSPS) is 20.7. The van der Waals surface area contributed by atoms with Crippen molar-refractivity contribution >= 4 is 12.4 Å². The molecule has 1 aliphatic heterocycles. The summed E-state index contributed by atoms with van der Waals surface area (Å²) in [6, 6.07) is 17.0. The quantitative estimate of drug-likeness (QED) is 0.913. The van der Waals surface area contributed by atoms with E-state index in [1.807, 2.05) is 6.07 Å². The molecule has 2 aromatic rings. The third kappa shape index (κ3) is 2.41. The highest BCUT2D eigenvalue weighted by Gasteiger charge is 2.33. The summed E-state index contributed by atoms with van der Waals surface area (Å²) in [5.74, 6) is 0.941. The lowest BCUT2D eigenvalue weighted by molar-refractivity contribution is 0.400. The Hall–Kier alpha value is -1.51. The van der Waals surface area contributed by atoms with Crippen LogP contribution in [0.25, 0.3) is 0 Å². The molecule has 0 bridgehead atoms. The molecule has 0 saturated carbocycles. The van der Waals surface area contributed by atoms with Crippen molar-refractivity contribution in [3.63, 3.8) is 0 Å². The van der Waals surface area contributed by atoms with Crippen molar-refractivity contribution in [1.29, 1.82) is 0 Å². The molecule has 1 N–H and O–H groups in total. The zero-order valence-electron chi connectivity index (χ0n) is 11.8. The van der Waals surface area contributed by atoms with Crippen molar-refractivity contribution in [2.24, 2.45) is 0 Å². The summed E-state index contributed by atoms with van der Waals surface area (Å²) in [5.41, 5.74) is 3.93. The third-order valence-corrected chi connectivity index (χ3v) is 4.08. The van der Waals surface area contributed by atoms with E-state index < -0.39 is 0 Å². The molecule has 0 spiro atoms. The number of hydrogen-bond donors (Lipinski definition) is 1. The van der Waals surface area contributed by atoms with Crippen LogP contribution in [0.1, 0.15) is 23.6 Å². The van der Waals surface area contributed by atoms with Gasteiger partial charge in [-0.15, -0.1) is 12.4 Å². The van der Waals surface area contributed by atoms with Gasteiger partial charge in [-0.05, 0) is 42.2 Å². The van der Waals surface area contributed by atoms with E-state index in [4.69, 9.17) is 4.74 Å². The Morgan fingerprint density at radius 3 is 2.55 bits per heavy atom. The van der Waals surface area contributed by atoms with Crippen LogP contribution in [0.2, 0.25) is 0 Å². The second kappa shape index (κ2) is 5.86. The molecule has 1 unspecified atom stereocenters. The van der Waals surface area contributed by atoms with Crippen LogP contribution in [-0.4, -0.2) is 13.7 Å². The van der Waals surface area contributed by atoms with E-state index in [1.54, 1.807) is 7.11 Å². The van der Waals surface area contributed by atoms with Crippen molar-refractivity contribution in [2.75, 3.05) is 13.7 Å². The summed E-state index contributed by atoms with van der Waals surface area (Å²) < 4.78 is 5.33. The molecule has 3 heteroatoms. The monoisotopic (exact) mass is 289 g/mol. The van der Waals surface area contributed by atoms with Crippen molar-refractivity contribution < 1.29 is 4.74 Å². The molecule has 0 amide bonds. The van der Waals surface area contributed by atoms with Crippen molar-refractivity contribution in [3.8, 4) is 5.75 Å². The Labute approximate surface area is 126 Å². The average molecular weight is 290 g/mol. The van der Waals surface area contributed by atoms with Crippen LogP contribution in [-0.2, 0) is 12.0 Å². The highest BCUT2D eigenvalue weighted by atomic mass is 35.5. The fourth-order valence-corrected chi connectivity index (χ4v) is 2.96. The Balaban J connectivity index is 0.00000147. The Morgan fingerprint density at radius 2 is 1.85 bits per heavy atom. The smallest absolute Gasteiger partial charge is 0.119 e. The molecule has 1 heterocycles. The predicted octanol–water partition coefficient (Wildman–Crippen LogP) is 3.53. The second-order valence-electron chi connectivity index (χ2n) is 5.19. The van der Waals surface area contributed by atoms with Gasteiger partial charge in [0, 0.05) is 6.54 Å². The maximum atomic E-state index is 5.33. The van der Waals surface area contributed by atoms with Crippen molar-refractivity contribution in [2.45, 2.75) is 18.9 Å². The number of rotatable bonds is 2. The number of hydrogen-bond acceptors (Lipinski definition) is 2. The number of ether oxygens (including phenoxy) is 1. The zero-order chi connectivity index (χ0) is 13.3. The molecule has 0 saturated heterocycles.